The van der Waals surface area contributed by atoms with E-state index < -0.39 is 115 Å². The second-order valence-electron chi connectivity index (χ2n) is 19.0. The van der Waals surface area contributed by atoms with Crippen LogP contribution in [0.5, 0.6) is 11.5 Å². The van der Waals surface area contributed by atoms with Crippen LogP contribution in [0.1, 0.15) is 56.9 Å². The number of aromatic amines is 1. The maximum atomic E-state index is 14.6. The Hall–Kier alpha value is -8.52. The number of hydrogen-bond donors (Lipinski definition) is 9. The molecule has 0 unspecified atom stereocenters. The van der Waals surface area contributed by atoms with Gasteiger partial charge in [0, 0.05) is 36.0 Å². The number of amides is 7. The lowest BCUT2D eigenvalue weighted by atomic mass is 9.99. The average Bonchev–Trinajstić information content (AvgIpc) is 3.82. The van der Waals surface area contributed by atoms with E-state index in [1.54, 1.807) is 101 Å². The smallest absolute Gasteiger partial charge is 0.330 e. The van der Waals surface area contributed by atoms with E-state index in [1.165, 1.54) is 20.1 Å². The molecule has 5 aromatic rings. The number of para-hydroxylation sites is 1. The number of rotatable bonds is 15. The predicted molar refractivity (Wildman–Crippen MR) is 282 cm³/mol. The van der Waals surface area contributed by atoms with Crippen molar-refractivity contribution in [2.45, 2.75) is 96.4 Å². The highest BCUT2D eigenvalue weighted by atomic mass is 16.5. The Morgan fingerprint density at radius 1 is 0.592 bits per heavy atom. The molecule has 7 amide bonds. The topological polar surface area (TPSA) is 284 Å². The zero-order valence-corrected chi connectivity index (χ0v) is 43.2. The zero-order chi connectivity index (χ0) is 54.9. The molecule has 402 valence electrons. The van der Waals surface area contributed by atoms with Crippen LogP contribution in [0.15, 0.2) is 115 Å². The molecule has 1 aliphatic rings. The molecule has 0 spiro atoms. The molecule has 1 saturated heterocycles. The molecule has 2 heterocycles. The second kappa shape index (κ2) is 27.1. The van der Waals surface area contributed by atoms with Crippen LogP contribution < -0.4 is 46.7 Å². The van der Waals surface area contributed by atoms with E-state index in [-0.39, 0.29) is 19.4 Å². The average molecular weight is 1040 g/mol. The van der Waals surface area contributed by atoms with Gasteiger partial charge in [0.2, 0.25) is 41.4 Å². The van der Waals surface area contributed by atoms with Crippen LogP contribution in [0.3, 0.4) is 0 Å². The molecule has 1 aliphatic heterocycles. The number of fused-ring (bicyclic) bond motifs is 1. The summed E-state index contributed by atoms with van der Waals surface area (Å²) in [4.78, 5) is 116. The van der Waals surface area contributed by atoms with Gasteiger partial charge in [-0.25, -0.2) is 4.79 Å². The standard InChI is InChI=1S/C56H66N8O12/c1-32(2)48-55(72)60-41(25-35-15-9-7-10-16-35)52(69)64-49(33(3)4)56(73)62-44(31-76-47(66)24-22-36-21-23-45(46(26-36)74-6)75-30-37-17-11-8-12-18-37)54(71)59-42(27-38-28-57-40-20-14-13-19-39(38)40)51(68)61-43(29-65)53(70)58-34(5)50(67)63-48/h7-24,26,28,32-34,41-44,48-49,57,65H,25,27,29-31H2,1-6H3,(H,58,70)(H,59,71)(H,60,72)(H,61,68)(H,62,73)(H,63,67)(H,64,69)/b24-22+/t34-,41+,42-,43+,44-,48-,49-/m1/s1. The number of hydrogen-bond acceptors (Lipinski definition) is 12. The number of aliphatic hydroxyl groups is 1. The Kier molecular flexibility index (Phi) is 20.3. The first-order valence-corrected chi connectivity index (χ1v) is 25.0. The maximum Gasteiger partial charge on any atom is 0.330 e. The summed E-state index contributed by atoms with van der Waals surface area (Å²) in [5, 5.41) is 29.4. The minimum atomic E-state index is -1.71. The Balaban J connectivity index is 1.33. The lowest BCUT2D eigenvalue weighted by Crippen LogP contribution is -2.61. The van der Waals surface area contributed by atoms with E-state index >= 15 is 0 Å². The number of ether oxygens (including phenoxy) is 3. The van der Waals surface area contributed by atoms with Crippen molar-refractivity contribution in [3.8, 4) is 11.5 Å². The van der Waals surface area contributed by atoms with Gasteiger partial charge in [-0.3, -0.25) is 33.6 Å². The third-order valence-electron chi connectivity index (χ3n) is 12.6. The van der Waals surface area contributed by atoms with Gasteiger partial charge in [0.05, 0.1) is 13.7 Å². The molecular formula is C56H66N8O12. The Morgan fingerprint density at radius 2 is 1.13 bits per heavy atom. The number of aliphatic hydroxyl groups excluding tert-OH is 1. The Morgan fingerprint density at radius 3 is 1.78 bits per heavy atom. The first kappa shape index (κ1) is 56.8. The summed E-state index contributed by atoms with van der Waals surface area (Å²) >= 11 is 0. The fraction of sp³-hybridized carbons (Fsp3) is 0.357. The molecule has 6 rings (SSSR count). The van der Waals surface area contributed by atoms with Crippen molar-refractivity contribution in [1.82, 2.24) is 42.2 Å². The number of benzene rings is 4. The molecule has 20 nitrogen and oxygen atoms in total. The zero-order valence-electron chi connectivity index (χ0n) is 43.2. The predicted octanol–water partition coefficient (Wildman–Crippen LogP) is 2.53. The van der Waals surface area contributed by atoms with E-state index in [0.717, 1.165) is 11.6 Å². The number of methoxy groups -OCH3 is 1. The fourth-order valence-corrected chi connectivity index (χ4v) is 8.24. The normalized spacial score (nSPS) is 21.6. The molecule has 0 saturated carbocycles. The fourth-order valence-electron chi connectivity index (χ4n) is 8.24. The number of carbonyl (C=O) groups is 8. The Labute approximate surface area is 440 Å². The summed E-state index contributed by atoms with van der Waals surface area (Å²) in [7, 11) is 1.48. The highest BCUT2D eigenvalue weighted by Crippen LogP contribution is 2.29. The Bertz CT molecular complexity index is 2870. The van der Waals surface area contributed by atoms with Gasteiger partial charge in [0.25, 0.3) is 0 Å². The largest absolute Gasteiger partial charge is 0.493 e. The van der Waals surface area contributed by atoms with E-state index in [1.807, 2.05) is 36.4 Å². The number of aromatic nitrogens is 1. The van der Waals surface area contributed by atoms with Gasteiger partial charge in [-0.05, 0) is 65.3 Å². The van der Waals surface area contributed by atoms with Crippen LogP contribution in [0, 0.1) is 11.8 Å². The number of carbonyl (C=O) groups excluding carboxylic acids is 8. The van der Waals surface area contributed by atoms with E-state index in [2.05, 4.69) is 42.2 Å². The molecule has 4 aromatic carbocycles. The van der Waals surface area contributed by atoms with Gasteiger partial charge in [-0.1, -0.05) is 113 Å². The lowest BCUT2D eigenvalue weighted by Gasteiger charge is -2.29. The summed E-state index contributed by atoms with van der Waals surface area (Å²) in [6.07, 6.45) is 3.96. The second-order valence-corrected chi connectivity index (χ2v) is 19.0. The molecule has 0 radical (unpaired) electrons. The van der Waals surface area contributed by atoms with Crippen molar-refractivity contribution in [2.24, 2.45) is 11.8 Å². The van der Waals surface area contributed by atoms with Gasteiger partial charge in [-0.2, -0.15) is 0 Å². The third kappa shape index (κ3) is 15.7. The quantitative estimate of drug-likeness (QED) is 0.0541. The number of nitrogens with one attached hydrogen (secondary N) is 8. The van der Waals surface area contributed by atoms with Crippen molar-refractivity contribution >= 4 is 64.3 Å². The summed E-state index contributed by atoms with van der Waals surface area (Å²) in [6, 6.07) is 20.5. The van der Waals surface area contributed by atoms with E-state index in [4.69, 9.17) is 14.2 Å². The van der Waals surface area contributed by atoms with Gasteiger partial charge < -0.3 is 61.5 Å². The molecule has 20 heteroatoms. The van der Waals surface area contributed by atoms with Crippen molar-refractivity contribution < 1.29 is 57.7 Å². The van der Waals surface area contributed by atoms with Crippen LogP contribution >= 0.6 is 0 Å². The van der Waals surface area contributed by atoms with Crippen LogP contribution in [0.4, 0.5) is 0 Å². The summed E-state index contributed by atoms with van der Waals surface area (Å²) < 4.78 is 17.1. The maximum absolute atomic E-state index is 14.6. The number of esters is 1. The van der Waals surface area contributed by atoms with Gasteiger partial charge in [0.1, 0.15) is 55.5 Å². The van der Waals surface area contributed by atoms with Crippen molar-refractivity contribution in [3.63, 3.8) is 0 Å². The third-order valence-corrected chi connectivity index (χ3v) is 12.6. The van der Waals surface area contributed by atoms with Gasteiger partial charge in [0.15, 0.2) is 11.5 Å². The van der Waals surface area contributed by atoms with Gasteiger partial charge in [-0.15, -0.1) is 0 Å². The molecule has 0 aliphatic carbocycles. The minimum Gasteiger partial charge on any atom is -0.493 e. The molecule has 9 N–H and O–H groups in total. The summed E-state index contributed by atoms with van der Waals surface area (Å²) in [5.74, 6) is -7.35. The molecule has 76 heavy (non-hydrogen) atoms. The summed E-state index contributed by atoms with van der Waals surface area (Å²) in [6.45, 7) is 6.56. The summed E-state index contributed by atoms with van der Waals surface area (Å²) in [5.41, 5.74) is 3.41. The van der Waals surface area contributed by atoms with Crippen molar-refractivity contribution in [3.05, 3.63) is 138 Å². The molecular weight excluding hydrogens is 977 g/mol. The van der Waals surface area contributed by atoms with E-state index in [9.17, 15) is 43.5 Å². The van der Waals surface area contributed by atoms with Crippen LogP contribution in [-0.4, -0.2) is 120 Å². The van der Waals surface area contributed by atoms with Crippen LogP contribution in [0.25, 0.3) is 17.0 Å². The SMILES string of the molecule is COc1cc(/C=C/C(=O)OC[C@H]2NC(=O)[C@@H](C(C)C)NC(=O)[C@H](Cc3ccccc3)NC(=O)[C@@H](C(C)C)NC(=O)[C@@H](C)NC(=O)[C@H](CO)NC(=O)[C@@H](Cc3c[nH]c4ccccc34)NC2=O)ccc1OCc1ccccc1. The van der Waals surface area contributed by atoms with Crippen molar-refractivity contribution in [2.75, 3.05) is 20.3 Å². The highest BCUT2D eigenvalue weighted by molar-refractivity contribution is 5.99. The number of H-pyrrole nitrogens is 1. The highest BCUT2D eigenvalue weighted by Gasteiger charge is 2.37. The monoisotopic (exact) mass is 1040 g/mol. The van der Waals surface area contributed by atoms with Crippen molar-refractivity contribution in [1.29, 1.82) is 0 Å². The van der Waals surface area contributed by atoms with Crippen LogP contribution in [-0.2, 0) is 62.5 Å². The molecule has 1 aromatic heterocycles. The minimum absolute atomic E-state index is 0.0368. The molecule has 0 bridgehead atoms. The molecule has 7 atom stereocenters. The van der Waals surface area contributed by atoms with Crippen LogP contribution in [0.2, 0.25) is 0 Å². The molecule has 1 fully saturated rings. The van der Waals surface area contributed by atoms with E-state index in [0.29, 0.717) is 39.1 Å². The lowest BCUT2D eigenvalue weighted by molar-refractivity contribution is -0.142. The first-order valence-electron chi connectivity index (χ1n) is 25.0. The first-order chi connectivity index (χ1) is 36.4. The van der Waals surface area contributed by atoms with Gasteiger partial charge >= 0.3 is 5.97 Å².